The molecule has 1 aliphatic heterocycles. The van der Waals surface area contributed by atoms with Crippen LogP contribution in [0.4, 0.5) is 4.39 Å². The molecule has 0 bridgehead atoms. The van der Waals surface area contributed by atoms with Crippen LogP contribution in [0.5, 0.6) is 5.75 Å². The molecule has 0 aliphatic carbocycles. The molecule has 0 spiro atoms. The number of carbonyl (C=O) groups is 1. The SMILES string of the molecule is COc1ccc(C(=O)CN2CCOCC2)cc1F.[Cl-]. The first-order valence-electron chi connectivity index (χ1n) is 5.87. The second-order valence-corrected chi connectivity index (χ2v) is 4.16. The van der Waals surface area contributed by atoms with Gasteiger partial charge in [0.2, 0.25) is 0 Å². The Kier molecular flexibility index (Phi) is 6.21. The van der Waals surface area contributed by atoms with E-state index >= 15 is 0 Å². The predicted octanol–water partition coefficient (Wildman–Crippen LogP) is -1.65. The summed E-state index contributed by atoms with van der Waals surface area (Å²) in [6, 6.07) is 4.29. The molecule has 106 valence electrons. The molecule has 19 heavy (non-hydrogen) atoms. The van der Waals surface area contributed by atoms with E-state index in [1.807, 2.05) is 4.90 Å². The predicted molar refractivity (Wildman–Crippen MR) is 64.5 cm³/mol. The number of benzene rings is 1. The number of hydrogen-bond acceptors (Lipinski definition) is 4. The van der Waals surface area contributed by atoms with Crippen molar-refractivity contribution in [1.82, 2.24) is 4.90 Å². The molecule has 1 aromatic rings. The molecule has 0 saturated carbocycles. The smallest absolute Gasteiger partial charge is 0.176 e. The minimum absolute atomic E-state index is 0. The van der Waals surface area contributed by atoms with E-state index in [0.717, 1.165) is 13.1 Å². The lowest BCUT2D eigenvalue weighted by Crippen LogP contribution is -3.00. The van der Waals surface area contributed by atoms with Crippen LogP contribution < -0.4 is 17.1 Å². The van der Waals surface area contributed by atoms with Gasteiger partial charge in [0, 0.05) is 18.7 Å². The van der Waals surface area contributed by atoms with Gasteiger partial charge in [0.1, 0.15) is 0 Å². The van der Waals surface area contributed by atoms with E-state index in [0.29, 0.717) is 25.3 Å². The third-order valence-corrected chi connectivity index (χ3v) is 2.94. The number of ether oxygens (including phenoxy) is 2. The standard InChI is InChI=1S/C13H16FNO3.ClH/c1-17-13-3-2-10(8-11(13)14)12(16)9-15-4-6-18-7-5-15;/h2-3,8H,4-7,9H2,1H3;1H/p-1. The second-order valence-electron chi connectivity index (χ2n) is 4.16. The van der Waals surface area contributed by atoms with Crippen LogP contribution in [0.1, 0.15) is 10.4 Å². The lowest BCUT2D eigenvalue weighted by atomic mass is 10.1. The summed E-state index contributed by atoms with van der Waals surface area (Å²) in [5, 5.41) is 0. The molecule has 1 aromatic carbocycles. The summed E-state index contributed by atoms with van der Waals surface area (Å²) in [4.78, 5) is 14.0. The van der Waals surface area contributed by atoms with E-state index in [4.69, 9.17) is 9.47 Å². The number of Topliss-reactive ketones (excluding diaryl/α,β-unsaturated/α-hetero) is 1. The Hall–Kier alpha value is -1.17. The summed E-state index contributed by atoms with van der Waals surface area (Å²) in [6.07, 6.45) is 0. The number of methoxy groups -OCH3 is 1. The largest absolute Gasteiger partial charge is 1.00 e. The zero-order chi connectivity index (χ0) is 13.0. The van der Waals surface area contributed by atoms with E-state index in [1.54, 1.807) is 6.07 Å². The fourth-order valence-corrected chi connectivity index (χ4v) is 1.89. The number of ketones is 1. The second kappa shape index (κ2) is 7.43. The highest BCUT2D eigenvalue weighted by Crippen LogP contribution is 2.18. The van der Waals surface area contributed by atoms with Crippen LogP contribution in [-0.4, -0.2) is 50.6 Å². The van der Waals surface area contributed by atoms with Crippen LogP contribution >= 0.6 is 0 Å². The van der Waals surface area contributed by atoms with Gasteiger partial charge in [-0.3, -0.25) is 9.69 Å². The van der Waals surface area contributed by atoms with Crippen LogP contribution in [0.15, 0.2) is 18.2 Å². The minimum Gasteiger partial charge on any atom is -1.00 e. The maximum absolute atomic E-state index is 13.5. The zero-order valence-corrected chi connectivity index (χ0v) is 11.5. The summed E-state index contributed by atoms with van der Waals surface area (Å²) in [6.45, 7) is 3.07. The Bertz CT molecular complexity index is 436. The first-order valence-corrected chi connectivity index (χ1v) is 5.87. The highest BCUT2D eigenvalue weighted by atomic mass is 35.5. The zero-order valence-electron chi connectivity index (χ0n) is 10.7. The van der Waals surface area contributed by atoms with Gasteiger partial charge in [-0.2, -0.15) is 0 Å². The lowest BCUT2D eigenvalue weighted by Gasteiger charge is -2.25. The third-order valence-electron chi connectivity index (χ3n) is 2.94. The summed E-state index contributed by atoms with van der Waals surface area (Å²) >= 11 is 0. The monoisotopic (exact) mass is 288 g/mol. The molecule has 0 N–H and O–H groups in total. The molecule has 0 unspecified atom stereocenters. The first-order chi connectivity index (χ1) is 8.70. The van der Waals surface area contributed by atoms with Crippen molar-refractivity contribution in [2.45, 2.75) is 0 Å². The summed E-state index contributed by atoms with van der Waals surface area (Å²) in [7, 11) is 1.40. The Morgan fingerprint density at radius 2 is 2.11 bits per heavy atom. The van der Waals surface area contributed by atoms with Gasteiger partial charge in [0.15, 0.2) is 17.3 Å². The van der Waals surface area contributed by atoms with Crippen molar-refractivity contribution in [2.24, 2.45) is 0 Å². The van der Waals surface area contributed by atoms with E-state index in [9.17, 15) is 9.18 Å². The van der Waals surface area contributed by atoms with Gasteiger partial charge in [0.25, 0.3) is 0 Å². The molecular weight excluding hydrogens is 273 g/mol. The molecule has 1 heterocycles. The molecule has 0 atom stereocenters. The fourth-order valence-electron chi connectivity index (χ4n) is 1.89. The maximum Gasteiger partial charge on any atom is 0.176 e. The van der Waals surface area contributed by atoms with Crippen molar-refractivity contribution in [2.75, 3.05) is 40.0 Å². The molecule has 4 nitrogen and oxygen atoms in total. The number of halogens is 2. The van der Waals surface area contributed by atoms with Gasteiger partial charge in [-0.25, -0.2) is 4.39 Å². The summed E-state index contributed by atoms with van der Waals surface area (Å²) < 4.78 is 23.5. The van der Waals surface area contributed by atoms with Gasteiger partial charge in [-0.05, 0) is 18.2 Å². The van der Waals surface area contributed by atoms with E-state index < -0.39 is 5.82 Å². The van der Waals surface area contributed by atoms with Crippen molar-refractivity contribution in [1.29, 1.82) is 0 Å². The number of morpholine rings is 1. The van der Waals surface area contributed by atoms with Crippen molar-refractivity contribution >= 4 is 5.78 Å². The van der Waals surface area contributed by atoms with Crippen LogP contribution in [0.25, 0.3) is 0 Å². The van der Waals surface area contributed by atoms with Crippen LogP contribution in [0.2, 0.25) is 0 Å². The molecule has 1 saturated heterocycles. The highest BCUT2D eigenvalue weighted by molar-refractivity contribution is 5.97. The van der Waals surface area contributed by atoms with Gasteiger partial charge < -0.3 is 21.9 Å². The Morgan fingerprint density at radius 1 is 1.42 bits per heavy atom. The quantitative estimate of drug-likeness (QED) is 0.623. The molecule has 2 rings (SSSR count). The Morgan fingerprint density at radius 3 is 2.68 bits per heavy atom. The van der Waals surface area contributed by atoms with E-state index in [2.05, 4.69) is 0 Å². The molecule has 0 radical (unpaired) electrons. The van der Waals surface area contributed by atoms with E-state index in [-0.39, 0.29) is 23.9 Å². The molecule has 1 fully saturated rings. The maximum atomic E-state index is 13.5. The van der Waals surface area contributed by atoms with Gasteiger partial charge >= 0.3 is 0 Å². The third kappa shape index (κ3) is 4.16. The van der Waals surface area contributed by atoms with Gasteiger partial charge in [-0.15, -0.1) is 0 Å². The molecule has 0 aromatic heterocycles. The number of rotatable bonds is 4. The number of carbonyl (C=O) groups excluding carboxylic acids is 1. The number of hydrogen-bond donors (Lipinski definition) is 0. The topological polar surface area (TPSA) is 38.8 Å². The minimum atomic E-state index is -0.509. The normalized spacial score (nSPS) is 15.7. The van der Waals surface area contributed by atoms with Crippen LogP contribution in [0, 0.1) is 5.82 Å². The van der Waals surface area contributed by atoms with Crippen molar-refractivity contribution < 1.29 is 31.1 Å². The average Bonchev–Trinajstić information content (AvgIpc) is 2.39. The van der Waals surface area contributed by atoms with Gasteiger partial charge in [-0.1, -0.05) is 0 Å². The molecule has 6 heteroatoms. The van der Waals surface area contributed by atoms with Crippen molar-refractivity contribution in [3.8, 4) is 5.75 Å². The molecule has 0 amide bonds. The number of nitrogens with zero attached hydrogens (tertiary/aromatic N) is 1. The molecule has 1 aliphatic rings. The summed E-state index contributed by atoms with van der Waals surface area (Å²) in [5.41, 5.74) is 0.375. The Labute approximate surface area is 117 Å². The highest BCUT2D eigenvalue weighted by Gasteiger charge is 2.16. The van der Waals surface area contributed by atoms with Crippen LogP contribution in [0.3, 0.4) is 0 Å². The lowest BCUT2D eigenvalue weighted by molar-refractivity contribution is -0.0000172. The fraction of sp³-hybridized carbons (Fsp3) is 0.462. The first kappa shape index (κ1) is 15.9. The molecular formula is C13H16ClFNO3-. The average molecular weight is 289 g/mol. The van der Waals surface area contributed by atoms with Gasteiger partial charge in [0.05, 0.1) is 26.9 Å². The summed E-state index contributed by atoms with van der Waals surface area (Å²) in [5.74, 6) is -0.443. The van der Waals surface area contributed by atoms with Crippen molar-refractivity contribution in [3.63, 3.8) is 0 Å². The Balaban J connectivity index is 0.00000180. The van der Waals surface area contributed by atoms with Crippen LogP contribution in [-0.2, 0) is 4.74 Å². The van der Waals surface area contributed by atoms with Crippen molar-refractivity contribution in [3.05, 3.63) is 29.6 Å². The van der Waals surface area contributed by atoms with E-state index in [1.165, 1.54) is 19.2 Å².